The molecule has 2 N–H and O–H groups in total. The number of carbonyl (C=O) groups excluding carboxylic acids is 1. The molecule has 3 rings (SSSR count). The molecule has 1 atom stereocenters. The second-order valence-corrected chi connectivity index (χ2v) is 6.75. The highest BCUT2D eigenvalue weighted by atomic mass is 19.4. The predicted molar refractivity (Wildman–Crippen MR) is 94.4 cm³/mol. The Kier molecular flexibility index (Phi) is 6.30. The number of alkyl halides is 3. The van der Waals surface area contributed by atoms with Crippen molar-refractivity contribution in [3.63, 3.8) is 0 Å². The van der Waals surface area contributed by atoms with Gasteiger partial charge in [-0.25, -0.2) is 4.68 Å². The minimum atomic E-state index is -4.38. The van der Waals surface area contributed by atoms with Gasteiger partial charge in [-0.15, -0.1) is 5.10 Å². The average molecular weight is 397 g/mol. The van der Waals surface area contributed by atoms with Crippen LogP contribution in [0.5, 0.6) is 0 Å². The maximum absolute atomic E-state index is 13.2. The van der Waals surface area contributed by atoms with E-state index >= 15 is 0 Å². The van der Waals surface area contributed by atoms with Crippen LogP contribution in [0.15, 0.2) is 30.5 Å². The minimum absolute atomic E-state index is 0.0707. The Balaban J connectivity index is 1.67. The zero-order valence-corrected chi connectivity index (χ0v) is 15.2. The lowest BCUT2D eigenvalue weighted by Crippen LogP contribution is -2.36. The third kappa shape index (κ3) is 4.87. The van der Waals surface area contributed by atoms with Crippen LogP contribution in [0.1, 0.15) is 40.5 Å². The summed E-state index contributed by atoms with van der Waals surface area (Å²) < 4.78 is 41.2. The van der Waals surface area contributed by atoms with E-state index in [9.17, 15) is 18.0 Å². The Morgan fingerprint density at radius 1 is 1.32 bits per heavy atom. The van der Waals surface area contributed by atoms with E-state index in [1.54, 1.807) is 10.7 Å². The van der Waals surface area contributed by atoms with Crippen molar-refractivity contribution in [2.75, 3.05) is 26.2 Å². The highest BCUT2D eigenvalue weighted by Crippen LogP contribution is 2.33. The van der Waals surface area contributed by atoms with E-state index in [4.69, 9.17) is 5.11 Å². The molecular weight excluding hydrogens is 375 g/mol. The Morgan fingerprint density at radius 3 is 2.86 bits per heavy atom. The lowest BCUT2D eigenvalue weighted by molar-refractivity contribution is -0.138. The molecule has 1 aromatic carbocycles. The second-order valence-electron chi connectivity index (χ2n) is 6.75. The van der Waals surface area contributed by atoms with Crippen LogP contribution in [0, 0.1) is 0 Å². The van der Waals surface area contributed by atoms with Crippen molar-refractivity contribution in [3.8, 4) is 0 Å². The number of aliphatic hydroxyl groups is 1. The molecule has 1 saturated heterocycles. The first kappa shape index (κ1) is 20.3. The normalized spacial score (nSPS) is 18.2. The highest BCUT2D eigenvalue weighted by Gasteiger charge is 2.33. The van der Waals surface area contributed by atoms with Gasteiger partial charge in [0, 0.05) is 19.6 Å². The topological polar surface area (TPSA) is 83.3 Å². The van der Waals surface area contributed by atoms with Gasteiger partial charge in [0.25, 0.3) is 5.91 Å². The van der Waals surface area contributed by atoms with E-state index in [1.807, 2.05) is 4.90 Å². The number of benzene rings is 1. The summed E-state index contributed by atoms with van der Waals surface area (Å²) in [6.07, 6.45) is -1.23. The molecule has 0 bridgehead atoms. The Labute approximate surface area is 160 Å². The lowest BCUT2D eigenvalue weighted by Gasteiger charge is -2.33. The van der Waals surface area contributed by atoms with Crippen LogP contribution < -0.4 is 5.32 Å². The first-order valence-electron chi connectivity index (χ1n) is 9.07. The van der Waals surface area contributed by atoms with Gasteiger partial charge in [0.05, 0.1) is 24.4 Å². The summed E-state index contributed by atoms with van der Waals surface area (Å²) in [4.78, 5) is 13.8. The summed E-state index contributed by atoms with van der Waals surface area (Å²) in [5.74, 6) is -0.424. The maximum Gasteiger partial charge on any atom is 0.416 e. The number of likely N-dealkylation sites (tertiary alicyclic amines) is 1. The SMILES string of the molecule is O=C(NCCO)c1cn([C@@H]2CCCN(Cc3ccccc3C(F)(F)F)C2)nn1. The number of piperidine rings is 1. The second kappa shape index (κ2) is 8.70. The number of amides is 1. The predicted octanol–water partition coefficient (Wildman–Crippen LogP) is 1.86. The van der Waals surface area contributed by atoms with Crippen molar-refractivity contribution >= 4 is 5.91 Å². The molecule has 1 aliphatic rings. The quantitative estimate of drug-likeness (QED) is 0.778. The monoisotopic (exact) mass is 397 g/mol. The molecule has 1 aromatic heterocycles. The molecule has 7 nitrogen and oxygen atoms in total. The standard InChI is InChI=1S/C18H22F3N5O2/c19-18(20,21)15-6-2-1-4-13(15)10-25-8-3-5-14(11-25)26-12-16(23-24-26)17(28)22-7-9-27/h1-2,4,6,12,14,27H,3,5,7-11H2,(H,22,28)/t14-/m1/s1. The Bertz CT molecular complexity index is 809. The van der Waals surface area contributed by atoms with E-state index in [0.717, 1.165) is 18.9 Å². The van der Waals surface area contributed by atoms with Gasteiger partial charge in [0.2, 0.25) is 0 Å². The summed E-state index contributed by atoms with van der Waals surface area (Å²) in [6, 6.07) is 5.54. The number of halogens is 3. The van der Waals surface area contributed by atoms with Crippen molar-refractivity contribution in [3.05, 3.63) is 47.3 Å². The molecule has 10 heteroatoms. The van der Waals surface area contributed by atoms with Gasteiger partial charge in [-0.2, -0.15) is 13.2 Å². The fourth-order valence-corrected chi connectivity index (χ4v) is 3.39. The number of nitrogens with one attached hydrogen (secondary N) is 1. The molecule has 0 radical (unpaired) electrons. The Hall–Kier alpha value is -2.46. The molecule has 0 unspecified atom stereocenters. The molecule has 1 fully saturated rings. The smallest absolute Gasteiger partial charge is 0.395 e. The molecule has 2 heterocycles. The van der Waals surface area contributed by atoms with Crippen LogP contribution in [-0.2, 0) is 12.7 Å². The highest BCUT2D eigenvalue weighted by molar-refractivity contribution is 5.91. The van der Waals surface area contributed by atoms with Crippen molar-refractivity contribution in [1.82, 2.24) is 25.2 Å². The maximum atomic E-state index is 13.2. The number of rotatable bonds is 6. The van der Waals surface area contributed by atoms with Gasteiger partial charge in [-0.05, 0) is 31.0 Å². The molecule has 1 amide bonds. The van der Waals surface area contributed by atoms with E-state index in [0.29, 0.717) is 13.1 Å². The van der Waals surface area contributed by atoms with E-state index in [1.165, 1.54) is 18.3 Å². The fourth-order valence-electron chi connectivity index (χ4n) is 3.39. The number of carbonyl (C=O) groups is 1. The van der Waals surface area contributed by atoms with Crippen molar-refractivity contribution in [2.45, 2.75) is 31.6 Å². The van der Waals surface area contributed by atoms with Crippen LogP contribution in [0.2, 0.25) is 0 Å². The van der Waals surface area contributed by atoms with Crippen molar-refractivity contribution < 1.29 is 23.1 Å². The molecule has 0 aliphatic carbocycles. The van der Waals surface area contributed by atoms with Crippen LogP contribution in [0.25, 0.3) is 0 Å². The minimum Gasteiger partial charge on any atom is -0.395 e. The largest absolute Gasteiger partial charge is 0.416 e. The van der Waals surface area contributed by atoms with Gasteiger partial charge in [0.1, 0.15) is 0 Å². The number of aliphatic hydroxyl groups excluding tert-OH is 1. The zero-order valence-electron chi connectivity index (χ0n) is 15.2. The fraction of sp³-hybridized carbons (Fsp3) is 0.500. The number of hydrogen-bond donors (Lipinski definition) is 2. The summed E-state index contributed by atoms with van der Waals surface area (Å²) >= 11 is 0. The van der Waals surface area contributed by atoms with Gasteiger partial charge in [-0.1, -0.05) is 23.4 Å². The molecule has 1 aliphatic heterocycles. The van der Waals surface area contributed by atoms with Gasteiger partial charge < -0.3 is 10.4 Å². The third-order valence-corrected chi connectivity index (χ3v) is 4.71. The van der Waals surface area contributed by atoms with Crippen molar-refractivity contribution in [1.29, 1.82) is 0 Å². The van der Waals surface area contributed by atoms with E-state index in [-0.39, 0.29) is 37.0 Å². The first-order chi connectivity index (χ1) is 13.4. The van der Waals surface area contributed by atoms with E-state index in [2.05, 4.69) is 15.6 Å². The summed E-state index contributed by atoms with van der Waals surface area (Å²) in [7, 11) is 0. The summed E-state index contributed by atoms with van der Waals surface area (Å²) in [5, 5.41) is 19.1. The van der Waals surface area contributed by atoms with E-state index < -0.39 is 17.6 Å². The summed E-state index contributed by atoms with van der Waals surface area (Å²) in [6.45, 7) is 1.37. The Morgan fingerprint density at radius 2 is 2.11 bits per heavy atom. The molecule has 152 valence electrons. The van der Waals surface area contributed by atoms with Crippen LogP contribution >= 0.6 is 0 Å². The molecule has 0 spiro atoms. The number of nitrogens with zero attached hydrogens (tertiary/aromatic N) is 4. The third-order valence-electron chi connectivity index (χ3n) is 4.71. The molecular formula is C18H22F3N5O2. The van der Waals surface area contributed by atoms with Crippen LogP contribution in [0.3, 0.4) is 0 Å². The average Bonchev–Trinajstić information content (AvgIpc) is 3.16. The van der Waals surface area contributed by atoms with Gasteiger partial charge >= 0.3 is 6.18 Å². The van der Waals surface area contributed by atoms with Gasteiger partial charge in [0.15, 0.2) is 5.69 Å². The first-order valence-corrected chi connectivity index (χ1v) is 9.07. The molecule has 28 heavy (non-hydrogen) atoms. The van der Waals surface area contributed by atoms with Gasteiger partial charge in [-0.3, -0.25) is 9.69 Å². The van der Waals surface area contributed by atoms with Crippen molar-refractivity contribution in [2.24, 2.45) is 0 Å². The molecule has 0 saturated carbocycles. The lowest BCUT2D eigenvalue weighted by atomic mass is 10.0. The zero-order chi connectivity index (χ0) is 20.1. The summed E-state index contributed by atoms with van der Waals surface area (Å²) in [5.41, 5.74) is -0.216. The number of aromatic nitrogens is 3. The number of hydrogen-bond acceptors (Lipinski definition) is 5. The molecule has 2 aromatic rings. The van der Waals surface area contributed by atoms with Crippen LogP contribution in [0.4, 0.5) is 13.2 Å². The van der Waals surface area contributed by atoms with Crippen LogP contribution in [-0.4, -0.2) is 57.1 Å².